The van der Waals surface area contributed by atoms with E-state index < -0.39 is 12.1 Å². The fourth-order valence-corrected chi connectivity index (χ4v) is 3.21. The molecule has 0 saturated carbocycles. The summed E-state index contributed by atoms with van der Waals surface area (Å²) in [4.78, 5) is 32.9. The van der Waals surface area contributed by atoms with E-state index >= 15 is 0 Å². The van der Waals surface area contributed by atoms with Crippen LogP contribution in [0.4, 0.5) is 19.1 Å². The number of aromatic nitrogens is 2. The molecular formula is C18H25F3N4O5. The van der Waals surface area contributed by atoms with Gasteiger partial charge in [-0.05, 0) is 25.3 Å². The number of fused-ring (bicyclic) bond motifs is 1. The Bertz CT molecular complexity index is 705. The van der Waals surface area contributed by atoms with E-state index in [2.05, 4.69) is 14.9 Å². The van der Waals surface area contributed by atoms with Gasteiger partial charge in [0.1, 0.15) is 6.61 Å². The lowest BCUT2D eigenvalue weighted by Gasteiger charge is -2.35. The number of ether oxygens (including phenoxy) is 2. The number of hydrogen-bond donors (Lipinski definition) is 1. The van der Waals surface area contributed by atoms with Gasteiger partial charge in [-0.2, -0.15) is 13.2 Å². The maximum atomic E-state index is 11.5. The Balaban J connectivity index is 0.000000396. The second-order valence-corrected chi connectivity index (χ2v) is 7.08. The summed E-state index contributed by atoms with van der Waals surface area (Å²) >= 11 is 0. The third-order valence-electron chi connectivity index (χ3n) is 4.72. The molecule has 1 aromatic heterocycles. The van der Waals surface area contributed by atoms with Crippen molar-refractivity contribution in [2.24, 2.45) is 0 Å². The number of amides is 1. The Morgan fingerprint density at radius 1 is 1.27 bits per heavy atom. The highest BCUT2D eigenvalue weighted by molar-refractivity contribution is 5.76. The first-order valence-electron chi connectivity index (χ1n) is 9.36. The summed E-state index contributed by atoms with van der Waals surface area (Å²) in [6.45, 7) is 1.52. The number of alkyl halides is 3. The maximum Gasteiger partial charge on any atom is 0.490 e. The molecule has 168 valence electrons. The minimum absolute atomic E-state index is 0.0213. The van der Waals surface area contributed by atoms with E-state index in [1.165, 1.54) is 4.90 Å². The molecular weight excluding hydrogens is 409 g/mol. The van der Waals surface area contributed by atoms with Gasteiger partial charge >= 0.3 is 12.1 Å². The Hall–Kier alpha value is -2.47. The van der Waals surface area contributed by atoms with Gasteiger partial charge in [0.05, 0.1) is 24.9 Å². The number of carboxylic acids is 1. The number of hydrogen-bond acceptors (Lipinski definition) is 7. The highest BCUT2D eigenvalue weighted by atomic mass is 19.4. The summed E-state index contributed by atoms with van der Waals surface area (Å²) in [6.07, 6.45) is 1.69. The van der Waals surface area contributed by atoms with Crippen molar-refractivity contribution < 1.29 is 37.3 Å². The number of carboxylic acid groups (broad SMARTS) is 1. The molecule has 12 heteroatoms. The van der Waals surface area contributed by atoms with Gasteiger partial charge in [-0.1, -0.05) is 0 Å². The van der Waals surface area contributed by atoms with Crippen molar-refractivity contribution in [1.29, 1.82) is 0 Å². The van der Waals surface area contributed by atoms with Gasteiger partial charge in [0.2, 0.25) is 11.9 Å². The summed E-state index contributed by atoms with van der Waals surface area (Å²) < 4.78 is 43.4. The first-order chi connectivity index (χ1) is 14.1. The predicted molar refractivity (Wildman–Crippen MR) is 98.9 cm³/mol. The molecule has 3 atom stereocenters. The molecule has 0 aromatic carbocycles. The fraction of sp³-hybridized carbons (Fsp3) is 0.667. The van der Waals surface area contributed by atoms with Crippen molar-refractivity contribution >= 4 is 17.8 Å². The molecule has 1 amide bonds. The topological polar surface area (TPSA) is 105 Å². The summed E-state index contributed by atoms with van der Waals surface area (Å²) in [7, 11) is 3.46. The van der Waals surface area contributed by atoms with Crippen LogP contribution in [0.3, 0.4) is 0 Å². The van der Waals surface area contributed by atoms with E-state index in [4.69, 9.17) is 19.4 Å². The average Bonchev–Trinajstić information content (AvgIpc) is 3.11. The lowest BCUT2D eigenvalue weighted by molar-refractivity contribution is -0.192. The molecule has 1 aromatic rings. The molecule has 0 spiro atoms. The molecule has 0 aliphatic carbocycles. The van der Waals surface area contributed by atoms with Gasteiger partial charge in [0.25, 0.3) is 0 Å². The molecule has 0 bridgehead atoms. The maximum absolute atomic E-state index is 11.5. The molecule has 2 aliphatic heterocycles. The number of likely N-dealkylation sites (N-methyl/N-ethyl adjacent to an activating group) is 1. The smallest absolute Gasteiger partial charge is 0.475 e. The van der Waals surface area contributed by atoms with E-state index in [0.717, 1.165) is 31.8 Å². The van der Waals surface area contributed by atoms with Gasteiger partial charge < -0.3 is 24.4 Å². The van der Waals surface area contributed by atoms with Crippen LogP contribution in [0.1, 0.15) is 19.3 Å². The number of halogens is 3. The molecule has 3 rings (SSSR count). The summed E-state index contributed by atoms with van der Waals surface area (Å²) in [5.74, 6) is -1.99. The summed E-state index contributed by atoms with van der Waals surface area (Å²) in [6, 6.07) is 2.17. The second-order valence-electron chi connectivity index (χ2n) is 7.08. The molecule has 1 N–H and O–H groups in total. The zero-order valence-electron chi connectivity index (χ0n) is 16.7. The van der Waals surface area contributed by atoms with Crippen molar-refractivity contribution in [1.82, 2.24) is 14.9 Å². The Morgan fingerprint density at radius 3 is 2.47 bits per heavy atom. The number of anilines is 1. The summed E-state index contributed by atoms with van der Waals surface area (Å²) in [5, 5.41) is 7.12. The summed E-state index contributed by atoms with van der Waals surface area (Å²) in [5.41, 5.74) is 0. The standard InChI is InChI=1S/C16H24N4O3.C2HF3O2/c1-19(2)15(21)11-22-10-12-4-5-13-14(23-12)6-9-20(13)16-17-7-3-8-18-16;3-2(4,5)1(6)7/h3,7-8,12-14H,4-6,9-11H2,1-2H3;(H,6,7)/t12-,13-,14-;/m0./s1. The van der Waals surface area contributed by atoms with E-state index in [1.54, 1.807) is 26.5 Å². The van der Waals surface area contributed by atoms with E-state index in [0.29, 0.717) is 12.6 Å². The number of rotatable bonds is 5. The van der Waals surface area contributed by atoms with Crippen LogP contribution in [0.25, 0.3) is 0 Å². The van der Waals surface area contributed by atoms with Crippen LogP contribution in [0.15, 0.2) is 18.5 Å². The highest BCUT2D eigenvalue weighted by Crippen LogP contribution is 2.33. The van der Waals surface area contributed by atoms with Crippen LogP contribution in [-0.2, 0) is 19.1 Å². The monoisotopic (exact) mass is 434 g/mol. The van der Waals surface area contributed by atoms with Gasteiger partial charge in [-0.25, -0.2) is 14.8 Å². The van der Waals surface area contributed by atoms with E-state index in [9.17, 15) is 18.0 Å². The minimum Gasteiger partial charge on any atom is -0.475 e. The zero-order chi connectivity index (χ0) is 22.3. The van der Waals surface area contributed by atoms with Gasteiger partial charge in [0.15, 0.2) is 0 Å². The van der Waals surface area contributed by atoms with E-state index in [-0.39, 0.29) is 24.7 Å². The van der Waals surface area contributed by atoms with Crippen LogP contribution in [0.2, 0.25) is 0 Å². The van der Waals surface area contributed by atoms with E-state index in [1.807, 2.05) is 6.07 Å². The molecule has 30 heavy (non-hydrogen) atoms. The number of aliphatic carboxylic acids is 1. The first-order valence-corrected chi connectivity index (χ1v) is 9.36. The molecule has 0 radical (unpaired) electrons. The van der Waals surface area contributed by atoms with Crippen molar-refractivity contribution in [3.05, 3.63) is 18.5 Å². The van der Waals surface area contributed by atoms with Crippen molar-refractivity contribution in [3.63, 3.8) is 0 Å². The van der Waals surface area contributed by atoms with Crippen molar-refractivity contribution in [2.75, 3.05) is 38.8 Å². The molecule has 2 fully saturated rings. The number of carbonyl (C=O) groups excluding carboxylic acids is 1. The lowest BCUT2D eigenvalue weighted by Crippen LogP contribution is -2.44. The van der Waals surface area contributed by atoms with Gasteiger partial charge in [-0.15, -0.1) is 0 Å². The quantitative estimate of drug-likeness (QED) is 0.740. The van der Waals surface area contributed by atoms with Crippen LogP contribution in [0.5, 0.6) is 0 Å². The molecule has 3 heterocycles. The molecule has 2 aliphatic rings. The van der Waals surface area contributed by atoms with Crippen LogP contribution >= 0.6 is 0 Å². The Labute approximate surface area is 171 Å². The number of carbonyl (C=O) groups is 2. The zero-order valence-corrected chi connectivity index (χ0v) is 16.7. The van der Waals surface area contributed by atoms with Crippen molar-refractivity contribution in [2.45, 2.75) is 43.7 Å². The Kier molecular flexibility index (Phi) is 8.35. The second kappa shape index (κ2) is 10.5. The Morgan fingerprint density at radius 2 is 1.90 bits per heavy atom. The molecule has 9 nitrogen and oxygen atoms in total. The normalized spacial score (nSPS) is 23.2. The third kappa shape index (κ3) is 6.80. The minimum atomic E-state index is -5.08. The fourth-order valence-electron chi connectivity index (χ4n) is 3.21. The number of nitrogens with zero attached hydrogens (tertiary/aromatic N) is 4. The lowest BCUT2D eigenvalue weighted by atomic mass is 9.99. The van der Waals surface area contributed by atoms with Gasteiger partial charge in [0, 0.05) is 33.0 Å². The van der Waals surface area contributed by atoms with Gasteiger partial charge in [-0.3, -0.25) is 4.79 Å². The predicted octanol–water partition coefficient (Wildman–Crippen LogP) is 1.34. The largest absolute Gasteiger partial charge is 0.490 e. The highest BCUT2D eigenvalue weighted by Gasteiger charge is 2.41. The average molecular weight is 434 g/mol. The van der Waals surface area contributed by atoms with Crippen LogP contribution < -0.4 is 4.90 Å². The molecule has 0 unspecified atom stereocenters. The third-order valence-corrected chi connectivity index (χ3v) is 4.72. The van der Waals surface area contributed by atoms with Crippen LogP contribution in [0, 0.1) is 0 Å². The molecule has 2 saturated heterocycles. The van der Waals surface area contributed by atoms with Crippen LogP contribution in [-0.4, -0.2) is 90.1 Å². The van der Waals surface area contributed by atoms with Crippen molar-refractivity contribution in [3.8, 4) is 0 Å². The first kappa shape index (κ1) is 23.8. The SMILES string of the molecule is CN(C)C(=O)COC[C@@H]1CC[C@H]2[C@H](CCN2c2ncccn2)O1.O=C(O)C(F)(F)F.